The van der Waals surface area contributed by atoms with Gasteiger partial charge in [0.2, 0.25) is 5.88 Å². The van der Waals surface area contributed by atoms with Gasteiger partial charge in [0.1, 0.15) is 12.3 Å². The Labute approximate surface area is 146 Å². The van der Waals surface area contributed by atoms with Crippen molar-refractivity contribution in [2.24, 2.45) is 15.9 Å². The van der Waals surface area contributed by atoms with E-state index < -0.39 is 0 Å². The van der Waals surface area contributed by atoms with Gasteiger partial charge in [-0.3, -0.25) is 4.98 Å². The summed E-state index contributed by atoms with van der Waals surface area (Å²) < 4.78 is 5.77. The summed E-state index contributed by atoms with van der Waals surface area (Å²) in [5.74, 6) is 5.88. The van der Waals surface area contributed by atoms with Crippen LogP contribution in [0.25, 0.3) is 0 Å². The highest BCUT2D eigenvalue weighted by atomic mass is 16.5. The van der Waals surface area contributed by atoms with Crippen LogP contribution in [0.15, 0.2) is 34.5 Å². The second-order valence-corrected chi connectivity index (χ2v) is 5.80. The lowest BCUT2D eigenvalue weighted by Crippen LogP contribution is -2.25. The SMILES string of the molecule is C/C(=N/N)C(COc1cc2c(nn1)CNCC2)=Nc1ccc(C)nc1. The highest BCUT2D eigenvalue weighted by Gasteiger charge is 2.13. The number of aliphatic imine (C=N–C) groups is 1. The number of hydrazone groups is 1. The molecule has 0 unspecified atom stereocenters. The van der Waals surface area contributed by atoms with Gasteiger partial charge in [0.15, 0.2) is 0 Å². The molecule has 2 aromatic heterocycles. The highest BCUT2D eigenvalue weighted by molar-refractivity contribution is 6.42. The normalized spacial score (nSPS) is 15.0. The molecule has 0 spiro atoms. The fourth-order valence-electron chi connectivity index (χ4n) is 2.42. The average molecular weight is 339 g/mol. The molecule has 3 heterocycles. The standard InChI is InChI=1S/C17H21N7O/c1-11-3-4-14(8-20-11)21-16(12(2)22-18)10-25-17-7-13-5-6-19-9-15(13)23-24-17/h3-4,7-8,19H,5-6,9-10,18H2,1-2H3/b21-16?,22-12-. The average Bonchev–Trinajstić information content (AvgIpc) is 2.65. The van der Waals surface area contributed by atoms with Crippen molar-refractivity contribution in [3.63, 3.8) is 0 Å². The number of nitrogens with zero attached hydrogens (tertiary/aromatic N) is 5. The summed E-state index contributed by atoms with van der Waals surface area (Å²) in [5, 5.41) is 15.3. The van der Waals surface area contributed by atoms with E-state index in [1.807, 2.05) is 25.1 Å². The minimum atomic E-state index is 0.201. The molecular formula is C17H21N7O. The van der Waals surface area contributed by atoms with Crippen molar-refractivity contribution in [1.82, 2.24) is 20.5 Å². The molecule has 0 radical (unpaired) electrons. The van der Waals surface area contributed by atoms with Crippen LogP contribution in [-0.4, -0.2) is 39.8 Å². The number of hydrogen-bond donors (Lipinski definition) is 2. The van der Waals surface area contributed by atoms with Gasteiger partial charge in [0.25, 0.3) is 0 Å². The third kappa shape index (κ3) is 4.36. The topological polar surface area (TPSA) is 111 Å². The van der Waals surface area contributed by atoms with Gasteiger partial charge >= 0.3 is 0 Å². The van der Waals surface area contributed by atoms with Crippen molar-refractivity contribution in [1.29, 1.82) is 0 Å². The number of aryl methyl sites for hydroxylation is 1. The molecule has 0 saturated heterocycles. The monoisotopic (exact) mass is 339 g/mol. The van der Waals surface area contributed by atoms with E-state index in [0.29, 0.717) is 17.3 Å². The first-order chi connectivity index (χ1) is 12.2. The maximum atomic E-state index is 5.77. The zero-order valence-corrected chi connectivity index (χ0v) is 14.4. The number of fused-ring (bicyclic) bond motifs is 1. The number of nitrogens with one attached hydrogen (secondary N) is 1. The molecule has 8 heteroatoms. The van der Waals surface area contributed by atoms with E-state index in [-0.39, 0.29) is 6.61 Å². The zero-order valence-electron chi connectivity index (χ0n) is 14.4. The molecule has 25 heavy (non-hydrogen) atoms. The van der Waals surface area contributed by atoms with Gasteiger partial charge in [-0.05, 0) is 44.5 Å². The van der Waals surface area contributed by atoms with E-state index in [2.05, 4.69) is 30.6 Å². The number of hydrogen-bond acceptors (Lipinski definition) is 8. The smallest absolute Gasteiger partial charge is 0.234 e. The van der Waals surface area contributed by atoms with E-state index >= 15 is 0 Å². The maximum absolute atomic E-state index is 5.77. The van der Waals surface area contributed by atoms with Crippen molar-refractivity contribution in [3.8, 4) is 5.88 Å². The number of pyridine rings is 1. The number of ether oxygens (including phenoxy) is 1. The van der Waals surface area contributed by atoms with E-state index in [1.54, 1.807) is 13.1 Å². The molecule has 0 fully saturated rings. The van der Waals surface area contributed by atoms with Gasteiger partial charge < -0.3 is 15.9 Å². The zero-order chi connectivity index (χ0) is 17.6. The molecule has 8 nitrogen and oxygen atoms in total. The van der Waals surface area contributed by atoms with Gasteiger partial charge in [-0.2, -0.15) is 10.2 Å². The van der Waals surface area contributed by atoms with Gasteiger partial charge in [0.05, 0.1) is 23.3 Å². The Bertz CT molecular complexity index is 799. The summed E-state index contributed by atoms with van der Waals surface area (Å²) in [6.45, 7) is 5.59. The van der Waals surface area contributed by atoms with Crippen LogP contribution in [0.3, 0.4) is 0 Å². The fraction of sp³-hybridized carbons (Fsp3) is 0.353. The lowest BCUT2D eigenvalue weighted by atomic mass is 10.1. The van der Waals surface area contributed by atoms with Crippen LogP contribution in [0.2, 0.25) is 0 Å². The summed E-state index contributed by atoms with van der Waals surface area (Å²) in [7, 11) is 0. The largest absolute Gasteiger partial charge is 0.470 e. The molecule has 0 bridgehead atoms. The van der Waals surface area contributed by atoms with Crippen molar-refractivity contribution >= 4 is 17.1 Å². The van der Waals surface area contributed by atoms with E-state index in [9.17, 15) is 0 Å². The summed E-state index contributed by atoms with van der Waals surface area (Å²) in [4.78, 5) is 8.77. The van der Waals surface area contributed by atoms with Crippen molar-refractivity contribution in [2.75, 3.05) is 13.2 Å². The van der Waals surface area contributed by atoms with Crippen molar-refractivity contribution < 1.29 is 4.74 Å². The molecule has 0 amide bonds. The van der Waals surface area contributed by atoms with Crippen LogP contribution in [0.4, 0.5) is 5.69 Å². The van der Waals surface area contributed by atoms with Crippen molar-refractivity contribution in [2.45, 2.75) is 26.8 Å². The summed E-state index contributed by atoms with van der Waals surface area (Å²) in [6, 6.07) is 5.72. The summed E-state index contributed by atoms with van der Waals surface area (Å²) in [6.07, 6.45) is 2.62. The van der Waals surface area contributed by atoms with E-state index in [0.717, 1.165) is 42.1 Å². The third-order valence-corrected chi connectivity index (χ3v) is 3.93. The minimum absolute atomic E-state index is 0.201. The van der Waals surface area contributed by atoms with Crippen LogP contribution in [0.5, 0.6) is 5.88 Å². The predicted octanol–water partition coefficient (Wildman–Crippen LogP) is 1.31. The van der Waals surface area contributed by atoms with Crippen LogP contribution in [0.1, 0.15) is 23.9 Å². The molecule has 0 atom stereocenters. The minimum Gasteiger partial charge on any atom is -0.470 e. The molecule has 0 aliphatic carbocycles. The van der Waals surface area contributed by atoms with Gasteiger partial charge in [0, 0.05) is 18.3 Å². The van der Waals surface area contributed by atoms with E-state index in [4.69, 9.17) is 10.6 Å². The molecule has 2 aromatic rings. The molecule has 0 saturated carbocycles. The molecule has 1 aliphatic heterocycles. The first-order valence-electron chi connectivity index (χ1n) is 8.10. The summed E-state index contributed by atoms with van der Waals surface area (Å²) >= 11 is 0. The van der Waals surface area contributed by atoms with Crippen LogP contribution in [0, 0.1) is 6.92 Å². The highest BCUT2D eigenvalue weighted by Crippen LogP contribution is 2.16. The Morgan fingerprint density at radius 3 is 3.00 bits per heavy atom. The number of rotatable bonds is 5. The fourth-order valence-corrected chi connectivity index (χ4v) is 2.42. The van der Waals surface area contributed by atoms with Gasteiger partial charge in [-0.15, -0.1) is 5.10 Å². The van der Waals surface area contributed by atoms with Crippen molar-refractivity contribution in [3.05, 3.63) is 41.3 Å². The Balaban J connectivity index is 1.76. The molecule has 0 aromatic carbocycles. The van der Waals surface area contributed by atoms with Crippen LogP contribution in [-0.2, 0) is 13.0 Å². The lowest BCUT2D eigenvalue weighted by molar-refractivity contribution is 0.355. The Kier molecular flexibility index (Phi) is 5.30. The third-order valence-electron chi connectivity index (χ3n) is 3.93. The number of aromatic nitrogens is 3. The summed E-state index contributed by atoms with van der Waals surface area (Å²) in [5.41, 5.74) is 4.99. The number of nitrogens with two attached hydrogens (primary N) is 1. The van der Waals surface area contributed by atoms with Gasteiger partial charge in [-0.1, -0.05) is 0 Å². The molecular weight excluding hydrogens is 318 g/mol. The Morgan fingerprint density at radius 2 is 2.24 bits per heavy atom. The molecule has 1 aliphatic rings. The second-order valence-electron chi connectivity index (χ2n) is 5.80. The van der Waals surface area contributed by atoms with Gasteiger partial charge in [-0.25, -0.2) is 4.99 Å². The molecule has 3 rings (SSSR count). The quantitative estimate of drug-likeness (QED) is 0.483. The van der Waals surface area contributed by atoms with E-state index in [1.165, 1.54) is 0 Å². The first-order valence-corrected chi connectivity index (χ1v) is 8.10. The lowest BCUT2D eigenvalue weighted by Gasteiger charge is -2.16. The maximum Gasteiger partial charge on any atom is 0.234 e. The van der Waals surface area contributed by atoms with Crippen LogP contribution >= 0.6 is 0 Å². The second kappa shape index (κ2) is 7.80. The first kappa shape index (κ1) is 17.0. The Morgan fingerprint density at radius 1 is 1.36 bits per heavy atom. The Hall–Kier alpha value is -2.87. The van der Waals surface area contributed by atoms with Crippen LogP contribution < -0.4 is 15.9 Å². The predicted molar refractivity (Wildman–Crippen MR) is 96.3 cm³/mol. The molecule has 3 N–H and O–H groups in total. The molecule has 130 valence electrons.